The van der Waals surface area contributed by atoms with Gasteiger partial charge in [0.15, 0.2) is 0 Å². The van der Waals surface area contributed by atoms with Gasteiger partial charge in [-0.15, -0.1) is 0 Å². The van der Waals surface area contributed by atoms with Gasteiger partial charge in [0.05, 0.1) is 6.20 Å². The molecule has 0 saturated carbocycles. The van der Waals surface area contributed by atoms with Gasteiger partial charge in [-0.1, -0.05) is 6.92 Å². The molecule has 0 aliphatic carbocycles. The van der Waals surface area contributed by atoms with Gasteiger partial charge in [-0.25, -0.2) is 4.79 Å². The van der Waals surface area contributed by atoms with Crippen molar-refractivity contribution in [2.75, 3.05) is 13.1 Å². The number of carbonyl (C=O) groups is 1. The van der Waals surface area contributed by atoms with Crippen molar-refractivity contribution in [3.63, 3.8) is 0 Å². The molecular weight excluding hydrogens is 256 g/mol. The second-order valence-electron chi connectivity index (χ2n) is 6.42. The molecule has 114 valence electrons. The van der Waals surface area contributed by atoms with Crippen molar-refractivity contribution in [2.24, 2.45) is 12.8 Å². The van der Waals surface area contributed by atoms with Crippen LogP contribution in [0.2, 0.25) is 0 Å². The van der Waals surface area contributed by atoms with E-state index in [1.807, 2.05) is 41.7 Å². The molecule has 1 heterocycles. The maximum atomic E-state index is 11.8. The highest BCUT2D eigenvalue weighted by atomic mass is 16.6. The van der Waals surface area contributed by atoms with E-state index in [4.69, 9.17) is 10.5 Å². The normalized spacial score (nSPS) is 14.8. The third kappa shape index (κ3) is 3.96. The lowest BCUT2D eigenvalue weighted by atomic mass is 9.84. The Bertz CT molecular complexity index is 457. The van der Waals surface area contributed by atoms with Crippen LogP contribution in [-0.2, 0) is 17.2 Å². The van der Waals surface area contributed by atoms with Crippen LogP contribution in [0.3, 0.4) is 0 Å². The Balaban J connectivity index is 2.79. The molecule has 3 N–H and O–H groups in total. The minimum Gasteiger partial charge on any atom is -0.444 e. The monoisotopic (exact) mass is 282 g/mol. The third-order valence-corrected chi connectivity index (χ3v) is 3.17. The number of aromatic nitrogens is 2. The van der Waals surface area contributed by atoms with E-state index in [1.165, 1.54) is 0 Å². The molecule has 0 aliphatic rings. The Labute approximate surface area is 120 Å². The van der Waals surface area contributed by atoms with Crippen LogP contribution in [0.1, 0.15) is 39.0 Å². The first kappa shape index (κ1) is 16.5. The first-order valence-corrected chi connectivity index (χ1v) is 6.75. The van der Waals surface area contributed by atoms with E-state index in [2.05, 4.69) is 10.4 Å². The first-order chi connectivity index (χ1) is 9.09. The number of nitrogens with one attached hydrogen (secondary N) is 1. The molecule has 6 nitrogen and oxygen atoms in total. The van der Waals surface area contributed by atoms with Crippen molar-refractivity contribution < 1.29 is 9.53 Å². The minimum absolute atomic E-state index is 0.383. The number of alkyl carbamates (subject to hydrolysis) is 1. The highest BCUT2D eigenvalue weighted by Crippen LogP contribution is 2.24. The van der Waals surface area contributed by atoms with Gasteiger partial charge in [0, 0.05) is 31.2 Å². The van der Waals surface area contributed by atoms with Crippen molar-refractivity contribution in [3.05, 3.63) is 17.5 Å². The predicted molar refractivity (Wildman–Crippen MR) is 78.6 cm³/mol. The summed E-state index contributed by atoms with van der Waals surface area (Å²) in [5.74, 6) is 0. The largest absolute Gasteiger partial charge is 0.444 e. The van der Waals surface area contributed by atoms with Crippen LogP contribution in [0.15, 0.2) is 6.20 Å². The Morgan fingerprint density at radius 1 is 1.45 bits per heavy atom. The van der Waals surface area contributed by atoms with Gasteiger partial charge in [0.1, 0.15) is 5.60 Å². The second kappa shape index (κ2) is 5.83. The number of carbonyl (C=O) groups excluding carboxylic acids is 1. The number of rotatable bonds is 4. The van der Waals surface area contributed by atoms with E-state index in [0.29, 0.717) is 13.1 Å². The van der Waals surface area contributed by atoms with Crippen LogP contribution in [0, 0.1) is 6.92 Å². The Morgan fingerprint density at radius 3 is 2.45 bits per heavy atom. The molecule has 1 amide bonds. The second-order valence-corrected chi connectivity index (χ2v) is 6.42. The Morgan fingerprint density at radius 2 is 2.05 bits per heavy atom. The summed E-state index contributed by atoms with van der Waals surface area (Å²) in [6, 6.07) is 0. The van der Waals surface area contributed by atoms with Crippen molar-refractivity contribution in [1.29, 1.82) is 0 Å². The fourth-order valence-corrected chi connectivity index (χ4v) is 2.25. The molecule has 1 unspecified atom stereocenters. The maximum absolute atomic E-state index is 11.8. The van der Waals surface area contributed by atoms with E-state index in [1.54, 1.807) is 10.9 Å². The minimum atomic E-state index is -0.508. The number of nitrogens with zero attached hydrogens (tertiary/aromatic N) is 2. The summed E-state index contributed by atoms with van der Waals surface area (Å²) in [5.41, 5.74) is 7.11. The quantitative estimate of drug-likeness (QED) is 0.876. The third-order valence-electron chi connectivity index (χ3n) is 3.17. The van der Waals surface area contributed by atoms with Crippen molar-refractivity contribution in [2.45, 2.75) is 45.6 Å². The number of aryl methyl sites for hydroxylation is 2. The van der Waals surface area contributed by atoms with Gasteiger partial charge in [-0.3, -0.25) is 4.68 Å². The fraction of sp³-hybridized carbons (Fsp3) is 0.714. The van der Waals surface area contributed by atoms with Crippen LogP contribution >= 0.6 is 0 Å². The highest BCUT2D eigenvalue weighted by Gasteiger charge is 2.31. The molecule has 1 aromatic heterocycles. The van der Waals surface area contributed by atoms with Gasteiger partial charge >= 0.3 is 6.09 Å². The van der Waals surface area contributed by atoms with E-state index in [9.17, 15) is 4.79 Å². The topological polar surface area (TPSA) is 82.2 Å². The molecule has 0 spiro atoms. The van der Waals surface area contributed by atoms with Gasteiger partial charge in [0.2, 0.25) is 0 Å². The summed E-state index contributed by atoms with van der Waals surface area (Å²) in [4.78, 5) is 11.8. The predicted octanol–water partition coefficient (Wildman–Crippen LogP) is 1.47. The summed E-state index contributed by atoms with van der Waals surface area (Å²) in [7, 11) is 1.88. The summed E-state index contributed by atoms with van der Waals surface area (Å²) in [5, 5.41) is 7.03. The molecule has 6 heteroatoms. The van der Waals surface area contributed by atoms with Gasteiger partial charge in [0.25, 0.3) is 0 Å². The standard InChI is InChI=1S/C14H26N4O2/c1-10-7-17-18(6)11(10)14(5,8-15)9-16-12(19)20-13(2,3)4/h7H,8-9,15H2,1-6H3,(H,16,19). The average Bonchev–Trinajstić information content (AvgIpc) is 2.64. The van der Waals surface area contributed by atoms with Crippen LogP contribution < -0.4 is 11.1 Å². The molecule has 0 aromatic carbocycles. The van der Waals surface area contributed by atoms with E-state index in [-0.39, 0.29) is 5.41 Å². The zero-order valence-electron chi connectivity index (χ0n) is 13.3. The highest BCUT2D eigenvalue weighted by molar-refractivity contribution is 5.67. The van der Waals surface area contributed by atoms with Gasteiger partial charge in [-0.05, 0) is 33.3 Å². The van der Waals surface area contributed by atoms with E-state index < -0.39 is 11.7 Å². The summed E-state index contributed by atoms with van der Waals surface area (Å²) >= 11 is 0. The molecule has 1 aromatic rings. The molecule has 0 radical (unpaired) electrons. The molecule has 1 atom stereocenters. The lowest BCUT2D eigenvalue weighted by Gasteiger charge is -2.30. The smallest absolute Gasteiger partial charge is 0.407 e. The Kier molecular flexibility index (Phi) is 4.81. The van der Waals surface area contributed by atoms with Gasteiger partial charge in [-0.2, -0.15) is 5.10 Å². The van der Waals surface area contributed by atoms with Crippen molar-refractivity contribution >= 4 is 6.09 Å². The molecule has 0 saturated heterocycles. The number of hydrogen-bond donors (Lipinski definition) is 2. The Hall–Kier alpha value is -1.56. The average molecular weight is 282 g/mol. The van der Waals surface area contributed by atoms with Crippen LogP contribution in [-0.4, -0.2) is 34.6 Å². The number of ether oxygens (including phenoxy) is 1. The molecule has 0 bridgehead atoms. The molecule has 0 fully saturated rings. The zero-order valence-corrected chi connectivity index (χ0v) is 13.3. The lowest BCUT2D eigenvalue weighted by molar-refractivity contribution is 0.0515. The maximum Gasteiger partial charge on any atom is 0.407 e. The molecule has 20 heavy (non-hydrogen) atoms. The van der Waals surface area contributed by atoms with E-state index >= 15 is 0 Å². The summed E-state index contributed by atoms with van der Waals surface area (Å²) in [6.45, 7) is 10.3. The fourth-order valence-electron chi connectivity index (χ4n) is 2.25. The first-order valence-electron chi connectivity index (χ1n) is 6.75. The van der Waals surface area contributed by atoms with Gasteiger partial charge < -0.3 is 15.8 Å². The lowest BCUT2D eigenvalue weighted by Crippen LogP contribution is -2.46. The number of amides is 1. The summed E-state index contributed by atoms with van der Waals surface area (Å²) in [6.07, 6.45) is 1.37. The van der Waals surface area contributed by atoms with Crippen molar-refractivity contribution in [1.82, 2.24) is 15.1 Å². The SMILES string of the molecule is Cc1cnn(C)c1C(C)(CN)CNC(=O)OC(C)(C)C. The number of hydrogen-bond acceptors (Lipinski definition) is 4. The van der Waals surface area contributed by atoms with E-state index in [0.717, 1.165) is 11.3 Å². The molecule has 1 rings (SSSR count). The molecular formula is C14H26N4O2. The number of nitrogens with two attached hydrogens (primary N) is 1. The zero-order chi connectivity index (χ0) is 15.6. The van der Waals surface area contributed by atoms with Crippen LogP contribution in [0.4, 0.5) is 4.79 Å². The van der Waals surface area contributed by atoms with Crippen LogP contribution in [0.5, 0.6) is 0 Å². The molecule has 0 aliphatic heterocycles. The van der Waals surface area contributed by atoms with Crippen LogP contribution in [0.25, 0.3) is 0 Å². The summed E-state index contributed by atoms with van der Waals surface area (Å²) < 4.78 is 7.05. The van der Waals surface area contributed by atoms with Crippen molar-refractivity contribution in [3.8, 4) is 0 Å².